The molecule has 0 fully saturated rings. The Morgan fingerprint density at radius 2 is 2.10 bits per heavy atom. The van der Waals surface area contributed by atoms with Crippen molar-refractivity contribution < 1.29 is 13.5 Å². The molecule has 0 spiro atoms. The molecule has 0 saturated carbocycles. The molecule has 2 N–H and O–H groups in total. The maximum Gasteiger partial charge on any atom is 0.240 e. The fraction of sp³-hybridized carbons (Fsp3) is 0.467. The van der Waals surface area contributed by atoms with Crippen LogP contribution in [-0.2, 0) is 10.0 Å². The number of hydrogen-bond donors (Lipinski definition) is 2. The second-order valence-electron chi connectivity index (χ2n) is 4.97. The summed E-state index contributed by atoms with van der Waals surface area (Å²) in [7, 11) is 0.262. The minimum Gasteiger partial charge on any atom is -0.395 e. The number of likely N-dealkylation sites (N-methyl/N-ethyl adjacent to an activating group) is 1. The van der Waals surface area contributed by atoms with Gasteiger partial charge in [-0.25, -0.2) is 13.1 Å². The van der Waals surface area contributed by atoms with E-state index in [4.69, 9.17) is 5.11 Å². The quantitative estimate of drug-likeness (QED) is 0.757. The number of rotatable bonds is 6. The molecule has 1 rings (SSSR count). The van der Waals surface area contributed by atoms with Crippen LogP contribution in [0.15, 0.2) is 29.2 Å². The Balaban J connectivity index is 2.84. The maximum absolute atomic E-state index is 12.2. The summed E-state index contributed by atoms with van der Waals surface area (Å²) in [5.41, 5.74) is 0.618. The van der Waals surface area contributed by atoms with Crippen LogP contribution in [0.1, 0.15) is 18.9 Å². The zero-order chi connectivity index (χ0) is 15.9. The van der Waals surface area contributed by atoms with Gasteiger partial charge in [-0.2, -0.15) is 0 Å². The van der Waals surface area contributed by atoms with E-state index in [9.17, 15) is 8.42 Å². The number of hydrogen-bond acceptors (Lipinski definition) is 4. The second kappa shape index (κ2) is 8.15. The van der Waals surface area contributed by atoms with Gasteiger partial charge < -0.3 is 10.0 Å². The fourth-order valence-corrected chi connectivity index (χ4v) is 2.62. The summed E-state index contributed by atoms with van der Waals surface area (Å²) in [6, 6.07) is 6.58. The molecule has 5 nitrogen and oxygen atoms in total. The second-order valence-corrected chi connectivity index (χ2v) is 6.73. The van der Waals surface area contributed by atoms with Crippen molar-refractivity contribution in [1.82, 2.24) is 9.62 Å². The third kappa shape index (κ3) is 5.86. The molecule has 1 aromatic carbocycles. The molecular weight excluding hydrogens is 288 g/mol. The van der Waals surface area contributed by atoms with Gasteiger partial charge >= 0.3 is 0 Å². The van der Waals surface area contributed by atoms with Gasteiger partial charge in [-0.05, 0) is 39.2 Å². The van der Waals surface area contributed by atoms with Crippen LogP contribution >= 0.6 is 0 Å². The largest absolute Gasteiger partial charge is 0.395 e. The number of nitrogens with one attached hydrogen (secondary N) is 1. The first-order valence-electron chi connectivity index (χ1n) is 6.72. The highest BCUT2D eigenvalue weighted by Gasteiger charge is 2.15. The van der Waals surface area contributed by atoms with Gasteiger partial charge in [0.05, 0.1) is 11.5 Å². The van der Waals surface area contributed by atoms with Crippen molar-refractivity contribution in [3.63, 3.8) is 0 Å². The molecule has 0 bridgehead atoms. The van der Waals surface area contributed by atoms with Crippen LogP contribution in [0.3, 0.4) is 0 Å². The molecule has 0 aliphatic heterocycles. The van der Waals surface area contributed by atoms with Crippen LogP contribution in [0, 0.1) is 11.8 Å². The first-order valence-corrected chi connectivity index (χ1v) is 8.21. The normalized spacial score (nSPS) is 12.8. The van der Waals surface area contributed by atoms with Gasteiger partial charge in [-0.3, -0.25) is 0 Å². The van der Waals surface area contributed by atoms with E-state index in [1.54, 1.807) is 18.2 Å². The molecule has 0 heterocycles. The van der Waals surface area contributed by atoms with Crippen molar-refractivity contribution in [3.8, 4) is 11.8 Å². The van der Waals surface area contributed by atoms with E-state index >= 15 is 0 Å². The van der Waals surface area contributed by atoms with Crippen LogP contribution in [0.5, 0.6) is 0 Å². The number of aliphatic hydroxyl groups is 1. The lowest BCUT2D eigenvalue weighted by Crippen LogP contribution is -2.38. The molecule has 1 atom stereocenters. The van der Waals surface area contributed by atoms with Gasteiger partial charge in [0.1, 0.15) is 0 Å². The molecule has 1 unspecified atom stereocenters. The van der Waals surface area contributed by atoms with E-state index in [0.717, 1.165) is 0 Å². The molecule has 21 heavy (non-hydrogen) atoms. The average molecular weight is 310 g/mol. The molecule has 6 heteroatoms. The highest BCUT2D eigenvalue weighted by atomic mass is 32.2. The summed E-state index contributed by atoms with van der Waals surface area (Å²) in [6.45, 7) is 2.28. The summed E-state index contributed by atoms with van der Waals surface area (Å²) in [5, 5.41) is 8.68. The maximum atomic E-state index is 12.2. The van der Waals surface area contributed by atoms with Crippen molar-refractivity contribution in [3.05, 3.63) is 29.8 Å². The van der Waals surface area contributed by atoms with Gasteiger partial charge in [-0.15, -0.1) is 0 Å². The van der Waals surface area contributed by atoms with Crippen molar-refractivity contribution in [2.75, 3.05) is 27.2 Å². The summed E-state index contributed by atoms with van der Waals surface area (Å²) >= 11 is 0. The van der Waals surface area contributed by atoms with Crippen molar-refractivity contribution >= 4 is 10.0 Å². The number of nitrogens with zero attached hydrogens (tertiary/aromatic N) is 1. The molecule has 1 aromatic rings. The monoisotopic (exact) mass is 310 g/mol. The molecule has 0 aromatic heterocycles. The SMILES string of the molecule is CC(CNS(=O)(=O)c1cccc(C#CCCO)c1)N(C)C. The first-order chi connectivity index (χ1) is 9.86. The van der Waals surface area contributed by atoms with E-state index in [2.05, 4.69) is 16.6 Å². The number of aliphatic hydroxyl groups excluding tert-OH is 1. The summed E-state index contributed by atoms with van der Waals surface area (Å²) in [6.07, 6.45) is 0.371. The third-order valence-electron chi connectivity index (χ3n) is 3.06. The van der Waals surface area contributed by atoms with Crippen molar-refractivity contribution in [2.24, 2.45) is 0 Å². The Kier molecular flexibility index (Phi) is 6.85. The van der Waals surface area contributed by atoms with Crippen LogP contribution in [0.2, 0.25) is 0 Å². The lowest BCUT2D eigenvalue weighted by atomic mass is 10.2. The lowest BCUT2D eigenvalue weighted by Gasteiger charge is -2.20. The average Bonchev–Trinajstić information content (AvgIpc) is 2.45. The summed E-state index contributed by atoms with van der Waals surface area (Å²) < 4.78 is 27.0. The zero-order valence-electron chi connectivity index (χ0n) is 12.6. The summed E-state index contributed by atoms with van der Waals surface area (Å²) in [4.78, 5) is 2.14. The Labute approximate surface area is 127 Å². The minimum absolute atomic E-state index is 0.00499. The Bertz CT molecular complexity index is 615. The van der Waals surface area contributed by atoms with Gasteiger partial charge in [-0.1, -0.05) is 17.9 Å². The van der Waals surface area contributed by atoms with E-state index in [1.165, 1.54) is 6.07 Å². The molecule has 0 amide bonds. The Morgan fingerprint density at radius 3 is 2.71 bits per heavy atom. The Morgan fingerprint density at radius 1 is 1.38 bits per heavy atom. The fourth-order valence-electron chi connectivity index (χ4n) is 1.46. The highest BCUT2D eigenvalue weighted by molar-refractivity contribution is 7.89. The Hall–Kier alpha value is -1.39. The minimum atomic E-state index is -3.54. The van der Waals surface area contributed by atoms with Crippen LogP contribution < -0.4 is 4.72 Å². The first kappa shape index (κ1) is 17.7. The predicted molar refractivity (Wildman–Crippen MR) is 83.4 cm³/mol. The molecule has 116 valence electrons. The lowest BCUT2D eigenvalue weighted by molar-refractivity contribution is 0.305. The molecule has 0 radical (unpaired) electrons. The topological polar surface area (TPSA) is 69.6 Å². The van der Waals surface area contributed by atoms with Crippen molar-refractivity contribution in [1.29, 1.82) is 0 Å². The van der Waals surface area contributed by atoms with Gasteiger partial charge in [0, 0.05) is 24.6 Å². The van der Waals surface area contributed by atoms with Gasteiger partial charge in [0.25, 0.3) is 0 Å². The van der Waals surface area contributed by atoms with E-state index in [0.29, 0.717) is 18.5 Å². The van der Waals surface area contributed by atoms with Crippen LogP contribution in [0.4, 0.5) is 0 Å². The van der Waals surface area contributed by atoms with Crippen LogP contribution in [0.25, 0.3) is 0 Å². The van der Waals surface area contributed by atoms with Gasteiger partial charge in [0.2, 0.25) is 10.0 Å². The summed E-state index contributed by atoms with van der Waals surface area (Å²) in [5.74, 6) is 5.60. The van der Waals surface area contributed by atoms with Crippen molar-refractivity contribution in [2.45, 2.75) is 24.3 Å². The smallest absolute Gasteiger partial charge is 0.240 e. The van der Waals surface area contributed by atoms with Gasteiger partial charge in [0.15, 0.2) is 0 Å². The molecular formula is C15H22N2O3S. The number of benzene rings is 1. The molecule has 0 saturated heterocycles. The highest BCUT2D eigenvalue weighted by Crippen LogP contribution is 2.11. The zero-order valence-corrected chi connectivity index (χ0v) is 13.4. The van der Waals surface area contributed by atoms with E-state index in [1.807, 2.05) is 25.9 Å². The van der Waals surface area contributed by atoms with E-state index < -0.39 is 10.0 Å². The molecule has 0 aliphatic rings. The predicted octanol–water partition coefficient (Wildman–Crippen LogP) is 0.649. The van der Waals surface area contributed by atoms with E-state index in [-0.39, 0.29) is 17.5 Å². The molecule has 0 aliphatic carbocycles. The third-order valence-corrected chi connectivity index (χ3v) is 4.49. The standard InChI is InChI=1S/C15H22N2O3S/c1-13(17(2)3)12-16-21(19,20)15-9-6-8-14(11-15)7-4-5-10-18/h6,8-9,11,13,16,18H,5,10,12H2,1-3H3. The number of sulfonamides is 1. The van der Waals surface area contributed by atoms with Crippen LogP contribution in [-0.4, -0.2) is 51.7 Å².